The Morgan fingerprint density at radius 2 is 1.00 bits per heavy atom. The third kappa shape index (κ3) is 5.76. The van der Waals surface area contributed by atoms with Gasteiger partial charge in [-0.3, -0.25) is 4.79 Å². The Labute approximate surface area is 174 Å². The Kier molecular flexibility index (Phi) is 9.18. The van der Waals surface area contributed by atoms with E-state index in [1.165, 1.54) is 116 Å². The fourth-order valence-electron chi connectivity index (χ4n) is 7.59. The summed E-state index contributed by atoms with van der Waals surface area (Å²) in [7, 11) is 0. The fourth-order valence-corrected chi connectivity index (χ4v) is 7.59. The molecule has 0 aromatic heterocycles. The summed E-state index contributed by atoms with van der Waals surface area (Å²) in [6, 6.07) is 0. The minimum absolute atomic E-state index is 0.360. The Bertz CT molecular complexity index is 394. The van der Waals surface area contributed by atoms with Gasteiger partial charge in [-0.1, -0.05) is 77.0 Å². The second kappa shape index (κ2) is 11.6. The quantitative estimate of drug-likeness (QED) is 0.382. The molecule has 0 radical (unpaired) electrons. The lowest BCUT2D eigenvalue weighted by Crippen LogP contribution is -2.47. The molecule has 3 fully saturated rings. The van der Waals surface area contributed by atoms with Gasteiger partial charge in [0.15, 0.2) is 0 Å². The van der Waals surface area contributed by atoms with E-state index in [4.69, 9.17) is 5.11 Å². The molecule has 2 heteroatoms. The predicted molar refractivity (Wildman–Crippen MR) is 117 cm³/mol. The minimum atomic E-state index is -0.624. The van der Waals surface area contributed by atoms with Crippen LogP contribution in [0.5, 0.6) is 0 Å². The van der Waals surface area contributed by atoms with Crippen LogP contribution in [0.15, 0.2) is 0 Å². The van der Waals surface area contributed by atoms with Crippen LogP contribution in [0.25, 0.3) is 0 Å². The average molecular weight is 391 g/mol. The van der Waals surface area contributed by atoms with Crippen LogP contribution in [0, 0.1) is 23.2 Å². The van der Waals surface area contributed by atoms with E-state index < -0.39 is 5.97 Å². The molecule has 3 aliphatic carbocycles. The molecule has 2 nitrogen and oxygen atoms in total. The lowest BCUT2D eigenvalue weighted by atomic mass is 9.50. The van der Waals surface area contributed by atoms with E-state index in [0.717, 1.165) is 30.6 Å². The van der Waals surface area contributed by atoms with Gasteiger partial charge in [-0.2, -0.15) is 0 Å². The van der Waals surface area contributed by atoms with Crippen molar-refractivity contribution in [2.75, 3.05) is 0 Å². The zero-order valence-corrected chi connectivity index (χ0v) is 18.4. The van der Waals surface area contributed by atoms with E-state index >= 15 is 0 Å². The number of carboxylic acids is 1. The lowest BCUT2D eigenvalue weighted by molar-refractivity contribution is -0.137. The molecule has 0 atom stereocenters. The van der Waals surface area contributed by atoms with Gasteiger partial charge >= 0.3 is 5.97 Å². The van der Waals surface area contributed by atoms with E-state index in [-0.39, 0.29) is 0 Å². The number of hydrogen-bond acceptors (Lipinski definition) is 1. The van der Waals surface area contributed by atoms with Crippen LogP contribution >= 0.6 is 0 Å². The number of carbonyl (C=O) groups is 1. The SMILES string of the molecule is O=C(O)CCCCCCC(C1CCCCC1)(C1CCCCC1)C1CCCCC1. The summed E-state index contributed by atoms with van der Waals surface area (Å²) in [6.07, 6.45) is 28.7. The molecule has 0 aromatic rings. The van der Waals surface area contributed by atoms with Crippen molar-refractivity contribution in [1.82, 2.24) is 0 Å². The lowest BCUT2D eigenvalue weighted by Gasteiger charge is -2.55. The van der Waals surface area contributed by atoms with E-state index in [0.29, 0.717) is 11.8 Å². The van der Waals surface area contributed by atoms with Gasteiger partial charge in [-0.15, -0.1) is 0 Å². The van der Waals surface area contributed by atoms with Crippen LogP contribution < -0.4 is 0 Å². The van der Waals surface area contributed by atoms with Crippen LogP contribution in [0.1, 0.15) is 135 Å². The van der Waals surface area contributed by atoms with Crippen LogP contribution in [-0.4, -0.2) is 11.1 Å². The molecule has 162 valence electrons. The first-order chi connectivity index (χ1) is 13.7. The molecule has 28 heavy (non-hydrogen) atoms. The highest BCUT2D eigenvalue weighted by Gasteiger charge is 2.49. The summed E-state index contributed by atoms with van der Waals surface area (Å²) >= 11 is 0. The number of carboxylic acid groups (broad SMARTS) is 1. The van der Waals surface area contributed by atoms with Crippen LogP contribution in [0.3, 0.4) is 0 Å². The van der Waals surface area contributed by atoms with E-state index in [2.05, 4.69) is 0 Å². The third-order valence-electron chi connectivity index (χ3n) is 8.85. The molecule has 3 aliphatic rings. The molecule has 0 amide bonds. The standard InChI is InChI=1S/C26H46O2/c27-25(28)20-12-1-2-13-21-26(22-14-6-3-7-15-22,23-16-8-4-9-17-23)24-18-10-5-11-19-24/h22-24H,1-21H2,(H,27,28). The van der Waals surface area contributed by atoms with Gasteiger partial charge in [0.1, 0.15) is 0 Å². The number of aliphatic carboxylic acids is 1. The van der Waals surface area contributed by atoms with E-state index in [1.807, 2.05) is 0 Å². The molecule has 1 N–H and O–H groups in total. The van der Waals surface area contributed by atoms with Gasteiger partial charge in [-0.05, 0) is 74.5 Å². The van der Waals surface area contributed by atoms with E-state index in [9.17, 15) is 4.79 Å². The van der Waals surface area contributed by atoms with Crippen molar-refractivity contribution in [3.05, 3.63) is 0 Å². The molecule has 0 aromatic carbocycles. The normalized spacial score (nSPS) is 23.7. The summed E-state index contributed by atoms with van der Waals surface area (Å²) in [4.78, 5) is 10.8. The van der Waals surface area contributed by atoms with E-state index in [1.54, 1.807) is 0 Å². The molecular formula is C26H46O2. The summed E-state index contributed by atoms with van der Waals surface area (Å²) in [5.74, 6) is 2.35. The number of hydrogen-bond donors (Lipinski definition) is 1. The van der Waals surface area contributed by atoms with Crippen molar-refractivity contribution >= 4 is 5.97 Å². The number of rotatable bonds is 10. The summed E-state index contributed by atoms with van der Waals surface area (Å²) in [5.41, 5.74) is 0.633. The molecule has 0 saturated heterocycles. The monoisotopic (exact) mass is 390 g/mol. The topological polar surface area (TPSA) is 37.3 Å². The molecule has 0 heterocycles. The Morgan fingerprint density at radius 3 is 1.39 bits per heavy atom. The first-order valence-corrected chi connectivity index (χ1v) is 13.0. The summed E-state index contributed by atoms with van der Waals surface area (Å²) in [6.45, 7) is 0. The first kappa shape index (κ1) is 22.2. The smallest absolute Gasteiger partial charge is 0.303 e. The molecule has 0 bridgehead atoms. The fraction of sp³-hybridized carbons (Fsp3) is 0.962. The van der Waals surface area contributed by atoms with Gasteiger partial charge in [-0.25, -0.2) is 0 Å². The van der Waals surface area contributed by atoms with Crippen LogP contribution in [0.2, 0.25) is 0 Å². The predicted octanol–water partition coefficient (Wildman–Crippen LogP) is 8.14. The third-order valence-corrected chi connectivity index (χ3v) is 8.85. The van der Waals surface area contributed by atoms with Crippen molar-refractivity contribution in [2.45, 2.75) is 135 Å². The van der Waals surface area contributed by atoms with Crippen LogP contribution in [0.4, 0.5) is 0 Å². The highest BCUT2D eigenvalue weighted by molar-refractivity contribution is 5.66. The zero-order chi connectivity index (χ0) is 19.7. The van der Waals surface area contributed by atoms with Crippen molar-refractivity contribution in [3.63, 3.8) is 0 Å². The van der Waals surface area contributed by atoms with Gasteiger partial charge < -0.3 is 5.11 Å². The molecule has 0 unspecified atom stereocenters. The van der Waals surface area contributed by atoms with Crippen molar-refractivity contribution in [3.8, 4) is 0 Å². The largest absolute Gasteiger partial charge is 0.481 e. The van der Waals surface area contributed by atoms with Gasteiger partial charge in [0.25, 0.3) is 0 Å². The van der Waals surface area contributed by atoms with Crippen molar-refractivity contribution < 1.29 is 9.90 Å². The van der Waals surface area contributed by atoms with Crippen LogP contribution in [-0.2, 0) is 4.79 Å². The molecule has 0 aliphatic heterocycles. The summed E-state index contributed by atoms with van der Waals surface area (Å²) in [5, 5.41) is 8.91. The van der Waals surface area contributed by atoms with Gasteiger partial charge in [0.05, 0.1) is 0 Å². The minimum Gasteiger partial charge on any atom is -0.481 e. The highest BCUT2D eigenvalue weighted by atomic mass is 16.4. The maximum Gasteiger partial charge on any atom is 0.303 e. The first-order valence-electron chi connectivity index (χ1n) is 13.0. The van der Waals surface area contributed by atoms with Gasteiger partial charge in [0, 0.05) is 6.42 Å². The highest BCUT2D eigenvalue weighted by Crippen LogP contribution is 2.59. The molecule has 3 saturated carbocycles. The van der Waals surface area contributed by atoms with Crippen molar-refractivity contribution in [2.24, 2.45) is 23.2 Å². The Morgan fingerprint density at radius 1 is 0.607 bits per heavy atom. The maximum absolute atomic E-state index is 10.8. The number of unbranched alkanes of at least 4 members (excludes halogenated alkanes) is 3. The Hall–Kier alpha value is -0.530. The molecule has 3 rings (SSSR count). The molecular weight excluding hydrogens is 344 g/mol. The summed E-state index contributed by atoms with van der Waals surface area (Å²) < 4.78 is 0. The van der Waals surface area contributed by atoms with Crippen molar-refractivity contribution in [1.29, 1.82) is 0 Å². The Balaban J connectivity index is 1.72. The zero-order valence-electron chi connectivity index (χ0n) is 18.4. The average Bonchev–Trinajstić information content (AvgIpc) is 2.75. The maximum atomic E-state index is 10.8. The second-order valence-corrected chi connectivity index (χ2v) is 10.4. The van der Waals surface area contributed by atoms with Gasteiger partial charge in [0.2, 0.25) is 0 Å². The second-order valence-electron chi connectivity index (χ2n) is 10.4. The molecule has 0 spiro atoms.